The SMILES string of the molecule is CC[C@]12C=CCN3CC[C@@]4(c5cc([C@@]6(C(=O)OC)CC7C[C@@H](C(C)Cl)CN(CCC8c9ccccc9NC86)C7)c(OC)cc5N(C)[C@H]4[C@](O)(C(=O)OC)[C@@H]1OC(C)=O)[C@@H]32. The second-order valence-electron chi connectivity index (χ2n) is 18.5. The molecule has 1 spiro atoms. The van der Waals surface area contributed by atoms with Gasteiger partial charge in [-0.1, -0.05) is 37.3 Å². The molecule has 9 rings (SSSR count). The average Bonchev–Trinajstić information content (AvgIpc) is 3.89. The average molecular weight is 831 g/mol. The Morgan fingerprint density at radius 1 is 1.03 bits per heavy atom. The molecule has 2 aromatic rings. The Labute approximate surface area is 352 Å². The van der Waals surface area contributed by atoms with Crippen molar-refractivity contribution in [3.8, 4) is 5.75 Å². The Morgan fingerprint density at radius 2 is 1.80 bits per heavy atom. The quantitative estimate of drug-likeness (QED) is 0.169. The van der Waals surface area contributed by atoms with E-state index in [9.17, 15) is 14.7 Å². The third-order valence-electron chi connectivity index (χ3n) is 16.0. The van der Waals surface area contributed by atoms with Crippen molar-refractivity contribution in [2.45, 2.75) is 105 Å². The lowest BCUT2D eigenvalue weighted by molar-refractivity contribution is -0.228. The van der Waals surface area contributed by atoms with E-state index in [1.165, 1.54) is 26.7 Å². The number of anilines is 2. The van der Waals surface area contributed by atoms with Gasteiger partial charge in [0.25, 0.3) is 0 Å². The topological polar surface area (TPSA) is 130 Å². The maximum atomic E-state index is 15.4. The fraction of sp³-hybridized carbons (Fsp3) is 0.630. The van der Waals surface area contributed by atoms with Crippen LogP contribution in [0.2, 0.25) is 0 Å². The van der Waals surface area contributed by atoms with Gasteiger partial charge in [-0.05, 0) is 87.2 Å². The van der Waals surface area contributed by atoms with Crippen LogP contribution in [0.4, 0.5) is 11.4 Å². The number of carbonyl (C=O) groups excluding carboxylic acids is 3. The number of alkyl halides is 1. The number of carbonyl (C=O) groups is 3. The Kier molecular flexibility index (Phi) is 9.89. The number of nitrogens with zero attached hydrogens (tertiary/aromatic N) is 3. The predicted octanol–water partition coefficient (Wildman–Crippen LogP) is 4.99. The molecule has 0 radical (unpaired) electrons. The molecule has 4 fully saturated rings. The third-order valence-corrected chi connectivity index (χ3v) is 16.4. The van der Waals surface area contributed by atoms with E-state index in [0.29, 0.717) is 38.1 Å². The number of fused-ring (bicyclic) bond motifs is 6. The van der Waals surface area contributed by atoms with Crippen LogP contribution in [0.15, 0.2) is 48.6 Å². The summed E-state index contributed by atoms with van der Waals surface area (Å²) >= 11 is 6.90. The van der Waals surface area contributed by atoms with Crippen LogP contribution in [0.5, 0.6) is 5.75 Å². The van der Waals surface area contributed by atoms with Crippen LogP contribution in [0, 0.1) is 17.3 Å². The minimum absolute atomic E-state index is 0.0233. The molecule has 6 aliphatic heterocycles. The van der Waals surface area contributed by atoms with Gasteiger partial charge in [0.15, 0.2) is 6.10 Å². The maximum Gasteiger partial charge on any atom is 0.344 e. The molecule has 0 amide bonds. The normalized spacial score (nSPS) is 39.4. The molecule has 7 aliphatic rings. The lowest BCUT2D eigenvalue weighted by Gasteiger charge is -2.63. The number of likely N-dealkylation sites (N-methyl/N-ethyl adjacent to an activating group) is 1. The van der Waals surface area contributed by atoms with Crippen molar-refractivity contribution < 1.29 is 38.4 Å². The van der Waals surface area contributed by atoms with Crippen molar-refractivity contribution in [2.75, 3.05) is 71.3 Å². The smallest absolute Gasteiger partial charge is 0.344 e. The molecule has 1 aliphatic carbocycles. The van der Waals surface area contributed by atoms with E-state index in [4.69, 9.17) is 30.5 Å². The zero-order chi connectivity index (χ0) is 41.8. The summed E-state index contributed by atoms with van der Waals surface area (Å²) in [7, 11) is 6.28. The number of benzene rings is 2. The molecule has 0 aromatic heterocycles. The molecule has 59 heavy (non-hydrogen) atoms. The number of methoxy groups -OCH3 is 3. The predicted molar refractivity (Wildman–Crippen MR) is 224 cm³/mol. The molecular formula is C46H59ClN4O8. The van der Waals surface area contributed by atoms with Gasteiger partial charge in [0, 0.05) is 84.8 Å². The van der Waals surface area contributed by atoms with Gasteiger partial charge >= 0.3 is 17.9 Å². The minimum atomic E-state index is -2.28. The van der Waals surface area contributed by atoms with E-state index < -0.39 is 45.9 Å². The number of aliphatic hydroxyl groups is 1. The second kappa shape index (κ2) is 14.4. The summed E-state index contributed by atoms with van der Waals surface area (Å²) in [5, 5.41) is 17.2. The fourth-order valence-electron chi connectivity index (χ4n) is 14.0. The molecule has 318 valence electrons. The third kappa shape index (κ3) is 5.40. The van der Waals surface area contributed by atoms with E-state index in [-0.39, 0.29) is 41.2 Å². The van der Waals surface area contributed by atoms with Gasteiger partial charge in [0.1, 0.15) is 11.2 Å². The van der Waals surface area contributed by atoms with Crippen LogP contribution in [0.1, 0.15) is 75.5 Å². The van der Waals surface area contributed by atoms with Crippen molar-refractivity contribution in [3.05, 3.63) is 65.2 Å². The summed E-state index contributed by atoms with van der Waals surface area (Å²) in [5.74, 6) is -0.894. The number of para-hydroxylation sites is 1. The molecular weight excluding hydrogens is 772 g/mol. The Balaban J connectivity index is 1.32. The van der Waals surface area contributed by atoms with Gasteiger partial charge in [0.2, 0.25) is 5.60 Å². The van der Waals surface area contributed by atoms with Gasteiger partial charge < -0.3 is 39.2 Å². The first-order chi connectivity index (χ1) is 28.3. The van der Waals surface area contributed by atoms with E-state index in [2.05, 4.69) is 58.5 Å². The van der Waals surface area contributed by atoms with Crippen LogP contribution >= 0.6 is 11.6 Å². The van der Waals surface area contributed by atoms with Crippen LogP contribution < -0.4 is 15.0 Å². The van der Waals surface area contributed by atoms with Crippen LogP contribution in [0.3, 0.4) is 0 Å². The highest BCUT2D eigenvalue weighted by Gasteiger charge is 2.80. The van der Waals surface area contributed by atoms with Gasteiger partial charge in [-0.2, -0.15) is 0 Å². The van der Waals surface area contributed by atoms with Gasteiger partial charge in [-0.3, -0.25) is 14.5 Å². The number of nitrogens with one attached hydrogen (secondary N) is 1. The highest BCUT2D eigenvalue weighted by atomic mass is 35.5. The standard InChI is InChI=1S/C46H59ClN4O8/c1-8-43-15-11-17-51-19-16-44(38(43)51)32-21-33(36(56-5)22-35(32)49(4)39(44)46(55,42(54)58-7)40(43)59-27(3)52)45(41(53)57-6)23-28-20-29(26(2)47)25-50(24-28)18-14-31-30-12-9-10-13-34(30)48-37(31)45/h9-13,15,21-22,26,28-29,31,37-40,48,55H,8,14,16-20,23-25H2,1-7H3/t26?,28?,29-,31?,37?,38+,39-,40-,43-,44-,45+,46-/m1/s1. The van der Waals surface area contributed by atoms with Crippen LogP contribution in [0.25, 0.3) is 0 Å². The van der Waals surface area contributed by atoms with Gasteiger partial charge in [-0.15, -0.1) is 11.6 Å². The summed E-state index contributed by atoms with van der Waals surface area (Å²) in [6.07, 6.45) is 6.19. The molecule has 2 bridgehead atoms. The molecule has 12 nitrogen and oxygen atoms in total. The van der Waals surface area contributed by atoms with Crippen molar-refractivity contribution >= 4 is 40.9 Å². The zero-order valence-corrected chi connectivity index (χ0v) is 36.1. The number of ether oxygens (including phenoxy) is 4. The number of hydrogen-bond donors (Lipinski definition) is 2. The van der Waals surface area contributed by atoms with Crippen molar-refractivity contribution in [1.82, 2.24) is 9.80 Å². The first-order valence-electron chi connectivity index (χ1n) is 21.4. The van der Waals surface area contributed by atoms with Crippen LogP contribution in [-0.4, -0.2) is 129 Å². The Bertz CT molecular complexity index is 2080. The second-order valence-corrected chi connectivity index (χ2v) is 19.2. The zero-order valence-electron chi connectivity index (χ0n) is 35.3. The van der Waals surface area contributed by atoms with E-state index in [1.54, 1.807) is 7.11 Å². The number of esters is 3. The molecule has 1 saturated carbocycles. The maximum absolute atomic E-state index is 15.4. The number of piperidine rings is 1. The summed E-state index contributed by atoms with van der Waals surface area (Å²) in [5.41, 5.74) is -0.691. The lowest BCUT2D eigenvalue weighted by Crippen LogP contribution is -2.81. The number of rotatable bonds is 7. The van der Waals surface area contributed by atoms with Crippen molar-refractivity contribution in [3.63, 3.8) is 0 Å². The molecule has 2 aromatic carbocycles. The fourth-order valence-corrected chi connectivity index (χ4v) is 14.2. The highest BCUT2D eigenvalue weighted by molar-refractivity contribution is 6.20. The van der Waals surface area contributed by atoms with E-state index >= 15 is 4.79 Å². The van der Waals surface area contributed by atoms with Gasteiger partial charge in [0.05, 0.1) is 33.4 Å². The molecule has 6 heterocycles. The van der Waals surface area contributed by atoms with Crippen LogP contribution in [-0.2, 0) is 39.4 Å². The Hall–Kier alpha value is -3.84. The molecule has 2 N–H and O–H groups in total. The van der Waals surface area contributed by atoms with Crippen molar-refractivity contribution in [2.24, 2.45) is 17.3 Å². The first kappa shape index (κ1) is 40.6. The summed E-state index contributed by atoms with van der Waals surface area (Å²) in [6, 6.07) is 11.0. The van der Waals surface area contributed by atoms with Gasteiger partial charge in [-0.25, -0.2) is 4.79 Å². The summed E-state index contributed by atoms with van der Waals surface area (Å²) in [6.45, 7) is 9.42. The number of halogens is 1. The molecule has 5 unspecified atom stereocenters. The number of hydrogen-bond acceptors (Lipinski definition) is 12. The monoisotopic (exact) mass is 830 g/mol. The minimum Gasteiger partial charge on any atom is -0.496 e. The molecule has 3 saturated heterocycles. The Morgan fingerprint density at radius 3 is 2.49 bits per heavy atom. The highest BCUT2D eigenvalue weighted by Crippen LogP contribution is 2.68. The largest absolute Gasteiger partial charge is 0.496 e. The van der Waals surface area contributed by atoms with E-state index in [0.717, 1.165) is 55.0 Å². The summed E-state index contributed by atoms with van der Waals surface area (Å²) < 4.78 is 24.1. The van der Waals surface area contributed by atoms with Crippen molar-refractivity contribution in [1.29, 1.82) is 0 Å². The molecule has 13 heteroatoms. The molecule has 13 atom stereocenters. The summed E-state index contributed by atoms with van der Waals surface area (Å²) in [4.78, 5) is 49.7. The van der Waals surface area contributed by atoms with E-state index in [1.807, 2.05) is 31.0 Å². The lowest BCUT2D eigenvalue weighted by atomic mass is 9.47. The first-order valence-corrected chi connectivity index (χ1v) is 21.9.